The van der Waals surface area contributed by atoms with Gasteiger partial charge in [0.05, 0.1) is 12.6 Å². The van der Waals surface area contributed by atoms with Gasteiger partial charge in [-0.1, -0.05) is 0 Å². The average Bonchev–Trinajstić information content (AvgIpc) is 2.56. The Morgan fingerprint density at radius 2 is 2.27 bits per heavy atom. The predicted octanol–water partition coefficient (Wildman–Crippen LogP) is 2.15. The first-order valence-corrected chi connectivity index (χ1v) is 5.14. The molecule has 0 amide bonds. The van der Waals surface area contributed by atoms with E-state index in [-0.39, 0.29) is 0 Å². The third kappa shape index (κ3) is 1.80. The number of nitrogens with zero attached hydrogens (tertiary/aromatic N) is 1. The molecule has 0 saturated carbocycles. The molecule has 1 heterocycles. The van der Waals surface area contributed by atoms with E-state index < -0.39 is 0 Å². The van der Waals surface area contributed by atoms with Crippen molar-refractivity contribution in [3.63, 3.8) is 0 Å². The summed E-state index contributed by atoms with van der Waals surface area (Å²) in [6.45, 7) is 0.618. The number of halogens is 1. The Hall–Kier alpha value is -1.19. The zero-order valence-corrected chi connectivity index (χ0v) is 9.29. The molecule has 4 heteroatoms. The molecule has 0 spiro atoms. The molecule has 0 aliphatic heterocycles. The molecular weight excluding hydrogens is 212 g/mol. The lowest BCUT2D eigenvalue weighted by atomic mass is 10.1. The van der Waals surface area contributed by atoms with E-state index in [1.807, 2.05) is 24.4 Å². The molecule has 0 radical (unpaired) electrons. The molecule has 0 fully saturated rings. The zero-order valence-electron chi connectivity index (χ0n) is 8.53. The highest BCUT2D eigenvalue weighted by Gasteiger charge is 2.07. The summed E-state index contributed by atoms with van der Waals surface area (Å²) in [5.74, 6) is 0.837. The fourth-order valence-corrected chi connectivity index (χ4v) is 1.98. The number of rotatable bonds is 3. The molecule has 2 N–H and O–H groups in total. The molecule has 0 saturated heterocycles. The van der Waals surface area contributed by atoms with Gasteiger partial charge in [0.1, 0.15) is 5.75 Å². The van der Waals surface area contributed by atoms with E-state index in [0.717, 1.165) is 28.6 Å². The van der Waals surface area contributed by atoms with Gasteiger partial charge in [-0.3, -0.25) is 4.09 Å². The van der Waals surface area contributed by atoms with Crippen molar-refractivity contribution in [2.24, 2.45) is 5.73 Å². The second kappa shape index (κ2) is 4.13. The second-order valence-electron chi connectivity index (χ2n) is 3.39. The molecule has 0 bridgehead atoms. The molecule has 0 unspecified atom stereocenters. The Kier molecular flexibility index (Phi) is 2.84. The minimum atomic E-state index is 0.618. The maximum atomic E-state index is 6.04. The van der Waals surface area contributed by atoms with Crippen molar-refractivity contribution in [3.8, 4) is 5.75 Å². The summed E-state index contributed by atoms with van der Waals surface area (Å²) < 4.78 is 6.78. The van der Waals surface area contributed by atoms with E-state index in [4.69, 9.17) is 22.2 Å². The molecule has 15 heavy (non-hydrogen) atoms. The van der Waals surface area contributed by atoms with Crippen molar-refractivity contribution in [3.05, 3.63) is 30.0 Å². The summed E-state index contributed by atoms with van der Waals surface area (Å²) >= 11 is 6.04. The molecule has 0 atom stereocenters. The van der Waals surface area contributed by atoms with Gasteiger partial charge in [0, 0.05) is 23.4 Å². The van der Waals surface area contributed by atoms with Crippen LogP contribution in [0.2, 0.25) is 0 Å². The van der Waals surface area contributed by atoms with Crippen molar-refractivity contribution in [1.29, 1.82) is 0 Å². The topological polar surface area (TPSA) is 40.2 Å². The van der Waals surface area contributed by atoms with Gasteiger partial charge < -0.3 is 10.5 Å². The van der Waals surface area contributed by atoms with Crippen LogP contribution in [0.4, 0.5) is 0 Å². The molecule has 1 aromatic heterocycles. The summed E-state index contributed by atoms with van der Waals surface area (Å²) in [6, 6.07) is 5.83. The Labute approximate surface area is 93.5 Å². The fourth-order valence-electron chi connectivity index (χ4n) is 1.72. The third-order valence-electron chi connectivity index (χ3n) is 2.46. The van der Waals surface area contributed by atoms with Crippen molar-refractivity contribution >= 4 is 22.7 Å². The van der Waals surface area contributed by atoms with Crippen molar-refractivity contribution < 1.29 is 4.74 Å². The van der Waals surface area contributed by atoms with Gasteiger partial charge in [0.15, 0.2) is 0 Å². The molecule has 1 aromatic carbocycles. The quantitative estimate of drug-likeness (QED) is 0.868. The van der Waals surface area contributed by atoms with Gasteiger partial charge >= 0.3 is 0 Å². The average molecular weight is 225 g/mol. The number of aromatic nitrogens is 1. The van der Waals surface area contributed by atoms with Gasteiger partial charge in [-0.2, -0.15) is 0 Å². The summed E-state index contributed by atoms with van der Waals surface area (Å²) in [5.41, 5.74) is 7.69. The van der Waals surface area contributed by atoms with Crippen LogP contribution in [0.25, 0.3) is 10.9 Å². The highest BCUT2D eigenvalue weighted by atomic mass is 35.5. The predicted molar refractivity (Wildman–Crippen MR) is 62.5 cm³/mol. The van der Waals surface area contributed by atoms with Crippen molar-refractivity contribution in [2.75, 3.05) is 13.7 Å². The molecule has 2 aromatic rings. The third-order valence-corrected chi connectivity index (χ3v) is 2.74. The van der Waals surface area contributed by atoms with Crippen LogP contribution in [0, 0.1) is 0 Å². The summed E-state index contributed by atoms with van der Waals surface area (Å²) in [5, 5.41) is 1.11. The number of hydrogen-bond donors (Lipinski definition) is 1. The number of methoxy groups -OCH3 is 1. The lowest BCUT2D eigenvalue weighted by Crippen LogP contribution is -2.01. The van der Waals surface area contributed by atoms with Crippen LogP contribution in [0.5, 0.6) is 5.75 Å². The first kappa shape index (κ1) is 10.3. The fraction of sp³-hybridized carbons (Fsp3) is 0.273. The minimum Gasteiger partial charge on any atom is -0.497 e. The highest BCUT2D eigenvalue weighted by molar-refractivity contribution is 6.19. The molecule has 2 rings (SSSR count). The maximum absolute atomic E-state index is 6.04. The van der Waals surface area contributed by atoms with E-state index in [1.165, 1.54) is 0 Å². The molecule has 0 aliphatic carbocycles. The van der Waals surface area contributed by atoms with Crippen molar-refractivity contribution in [2.45, 2.75) is 6.42 Å². The van der Waals surface area contributed by atoms with Gasteiger partial charge in [-0.05, 0) is 36.7 Å². The van der Waals surface area contributed by atoms with Crippen LogP contribution >= 0.6 is 11.8 Å². The summed E-state index contributed by atoms with van der Waals surface area (Å²) in [6.07, 6.45) is 2.72. The van der Waals surface area contributed by atoms with Crippen LogP contribution in [0.1, 0.15) is 5.56 Å². The molecule has 3 nitrogen and oxygen atoms in total. The number of nitrogens with two attached hydrogens (primary N) is 1. The largest absolute Gasteiger partial charge is 0.497 e. The van der Waals surface area contributed by atoms with Crippen LogP contribution < -0.4 is 10.5 Å². The number of fused-ring (bicyclic) bond motifs is 1. The summed E-state index contributed by atoms with van der Waals surface area (Å²) in [4.78, 5) is 0. The first-order chi connectivity index (χ1) is 7.26. The van der Waals surface area contributed by atoms with Gasteiger partial charge in [-0.15, -0.1) is 0 Å². The smallest absolute Gasteiger partial charge is 0.119 e. The second-order valence-corrected chi connectivity index (χ2v) is 3.75. The molecule has 0 aliphatic rings. The van der Waals surface area contributed by atoms with Gasteiger partial charge in [0.2, 0.25) is 0 Å². The van der Waals surface area contributed by atoms with Crippen LogP contribution in [-0.4, -0.2) is 17.7 Å². The van der Waals surface area contributed by atoms with E-state index in [2.05, 4.69) is 0 Å². The Morgan fingerprint density at radius 3 is 2.93 bits per heavy atom. The number of ether oxygens (including phenoxy) is 1. The van der Waals surface area contributed by atoms with E-state index in [9.17, 15) is 0 Å². The SMILES string of the molecule is COc1ccc2c(c1)c(CCN)cn2Cl. The van der Waals surface area contributed by atoms with Crippen LogP contribution in [0.15, 0.2) is 24.4 Å². The Balaban J connectivity index is 2.60. The lowest BCUT2D eigenvalue weighted by molar-refractivity contribution is 0.415. The van der Waals surface area contributed by atoms with Gasteiger partial charge in [-0.25, -0.2) is 0 Å². The van der Waals surface area contributed by atoms with E-state index >= 15 is 0 Å². The van der Waals surface area contributed by atoms with Crippen molar-refractivity contribution in [1.82, 2.24) is 4.09 Å². The number of hydrogen-bond acceptors (Lipinski definition) is 2. The molecule has 80 valence electrons. The highest BCUT2D eigenvalue weighted by Crippen LogP contribution is 2.26. The standard InChI is InChI=1S/C11H13ClN2O/c1-15-9-2-3-11-10(6-9)8(4-5-13)7-14(11)12/h2-3,6-7H,4-5,13H2,1H3. The van der Waals surface area contributed by atoms with E-state index in [0.29, 0.717) is 6.54 Å². The summed E-state index contributed by atoms with van der Waals surface area (Å²) in [7, 11) is 1.65. The van der Waals surface area contributed by atoms with Crippen LogP contribution in [-0.2, 0) is 6.42 Å². The monoisotopic (exact) mass is 224 g/mol. The first-order valence-electron chi connectivity index (χ1n) is 4.80. The van der Waals surface area contributed by atoms with E-state index in [1.54, 1.807) is 11.2 Å². The van der Waals surface area contributed by atoms with Gasteiger partial charge in [0.25, 0.3) is 0 Å². The normalized spacial score (nSPS) is 10.9. The zero-order chi connectivity index (χ0) is 10.8. The molecular formula is C11H13ClN2O. The number of benzene rings is 1. The maximum Gasteiger partial charge on any atom is 0.119 e. The Morgan fingerprint density at radius 1 is 1.47 bits per heavy atom. The Bertz CT molecular complexity index is 479. The minimum absolute atomic E-state index is 0.618. The van der Waals surface area contributed by atoms with Crippen LogP contribution in [0.3, 0.4) is 0 Å². The lowest BCUT2D eigenvalue weighted by Gasteiger charge is -2.00.